The zero-order valence-electron chi connectivity index (χ0n) is 14.8. The summed E-state index contributed by atoms with van der Waals surface area (Å²) in [6.07, 6.45) is 0. The molecule has 0 aliphatic carbocycles. The number of ether oxygens (including phenoxy) is 1. The Morgan fingerprint density at radius 2 is 2.00 bits per heavy atom. The van der Waals surface area contributed by atoms with Crippen LogP contribution in [-0.4, -0.2) is 28.0 Å². The fourth-order valence-corrected chi connectivity index (χ4v) is 3.85. The van der Waals surface area contributed by atoms with Gasteiger partial charge < -0.3 is 10.1 Å². The molecule has 148 valence electrons. The second-order valence-electron chi connectivity index (χ2n) is 5.60. The molecule has 0 spiro atoms. The standard InChI is InChI=1S/C18H13BrN4O4S2/c1-27-15-7-4-11(8-13(15)19)14-9-29-18(20-14)22-17(28)21-16(24)10-2-5-12(6-3-10)23(25)26/h2-9H,1H3,(H2,20,21,22,24,28). The third-order valence-electron chi connectivity index (χ3n) is 3.74. The second-order valence-corrected chi connectivity index (χ2v) is 7.72. The minimum absolute atomic E-state index is 0.0742. The number of hydrogen-bond donors (Lipinski definition) is 2. The van der Waals surface area contributed by atoms with Gasteiger partial charge >= 0.3 is 0 Å². The van der Waals surface area contributed by atoms with Gasteiger partial charge in [0.1, 0.15) is 5.75 Å². The van der Waals surface area contributed by atoms with Crippen LogP contribution in [0.1, 0.15) is 10.4 Å². The van der Waals surface area contributed by atoms with E-state index in [0.717, 1.165) is 21.5 Å². The molecule has 3 aromatic rings. The van der Waals surface area contributed by atoms with Gasteiger partial charge in [0.15, 0.2) is 10.2 Å². The summed E-state index contributed by atoms with van der Waals surface area (Å²) in [5.41, 5.74) is 1.79. The van der Waals surface area contributed by atoms with Crippen LogP contribution in [0.2, 0.25) is 0 Å². The monoisotopic (exact) mass is 492 g/mol. The molecule has 0 aliphatic rings. The van der Waals surface area contributed by atoms with E-state index in [1.54, 1.807) is 7.11 Å². The molecule has 0 fully saturated rings. The van der Waals surface area contributed by atoms with Crippen LogP contribution in [0.25, 0.3) is 11.3 Å². The summed E-state index contributed by atoms with van der Waals surface area (Å²) >= 11 is 9.93. The highest BCUT2D eigenvalue weighted by atomic mass is 79.9. The van der Waals surface area contributed by atoms with Crippen molar-refractivity contribution in [1.29, 1.82) is 0 Å². The number of aromatic nitrogens is 1. The number of hydrogen-bond acceptors (Lipinski definition) is 7. The maximum Gasteiger partial charge on any atom is 0.269 e. The normalized spacial score (nSPS) is 10.3. The Hall–Kier alpha value is -2.89. The van der Waals surface area contributed by atoms with Gasteiger partial charge in [0.25, 0.3) is 11.6 Å². The third kappa shape index (κ3) is 5.13. The maximum absolute atomic E-state index is 12.2. The van der Waals surface area contributed by atoms with Crippen molar-refractivity contribution in [2.45, 2.75) is 0 Å². The molecule has 0 unspecified atom stereocenters. The number of nitrogens with zero attached hydrogens (tertiary/aromatic N) is 2. The van der Waals surface area contributed by atoms with E-state index in [4.69, 9.17) is 17.0 Å². The van der Waals surface area contributed by atoms with Gasteiger partial charge in [-0.3, -0.25) is 20.2 Å². The van der Waals surface area contributed by atoms with Gasteiger partial charge in [0.05, 0.1) is 22.2 Å². The summed E-state index contributed by atoms with van der Waals surface area (Å²) in [5, 5.41) is 18.5. The Balaban J connectivity index is 1.63. The van der Waals surface area contributed by atoms with Crippen molar-refractivity contribution in [3.63, 3.8) is 0 Å². The summed E-state index contributed by atoms with van der Waals surface area (Å²) in [6, 6.07) is 10.8. The van der Waals surface area contributed by atoms with Crippen molar-refractivity contribution in [2.24, 2.45) is 0 Å². The van der Waals surface area contributed by atoms with Gasteiger partial charge in [-0.05, 0) is 58.5 Å². The number of non-ortho nitro benzene ring substituents is 1. The van der Waals surface area contributed by atoms with Crippen LogP contribution in [0.4, 0.5) is 10.8 Å². The van der Waals surface area contributed by atoms with E-state index in [2.05, 4.69) is 31.5 Å². The van der Waals surface area contributed by atoms with Gasteiger partial charge in [-0.25, -0.2) is 4.98 Å². The Labute approximate surface area is 183 Å². The first kappa shape index (κ1) is 20.8. The van der Waals surface area contributed by atoms with Crippen LogP contribution in [0.3, 0.4) is 0 Å². The number of halogens is 1. The number of nitro groups is 1. The number of methoxy groups -OCH3 is 1. The van der Waals surface area contributed by atoms with Crippen molar-refractivity contribution in [2.75, 3.05) is 12.4 Å². The Bertz CT molecular complexity index is 1090. The number of carbonyl (C=O) groups is 1. The topological polar surface area (TPSA) is 106 Å². The molecular formula is C18H13BrN4O4S2. The van der Waals surface area contributed by atoms with Crippen molar-refractivity contribution in [1.82, 2.24) is 10.3 Å². The number of carbonyl (C=O) groups excluding carboxylic acids is 1. The molecule has 0 bridgehead atoms. The highest BCUT2D eigenvalue weighted by Crippen LogP contribution is 2.32. The van der Waals surface area contributed by atoms with Crippen molar-refractivity contribution >= 4 is 61.3 Å². The Morgan fingerprint density at radius 3 is 2.62 bits per heavy atom. The van der Waals surface area contributed by atoms with E-state index in [1.165, 1.54) is 35.6 Å². The molecule has 8 nitrogen and oxygen atoms in total. The first-order valence-corrected chi connectivity index (χ1v) is 10.1. The van der Waals surface area contributed by atoms with Crippen LogP contribution < -0.4 is 15.4 Å². The Kier molecular flexibility index (Phi) is 6.52. The molecular weight excluding hydrogens is 480 g/mol. The summed E-state index contributed by atoms with van der Waals surface area (Å²) in [7, 11) is 1.59. The summed E-state index contributed by atoms with van der Waals surface area (Å²) in [4.78, 5) is 26.8. The largest absolute Gasteiger partial charge is 0.496 e. The molecule has 11 heteroatoms. The maximum atomic E-state index is 12.2. The van der Waals surface area contributed by atoms with Gasteiger partial charge in [-0.1, -0.05) is 0 Å². The first-order chi connectivity index (χ1) is 13.9. The third-order valence-corrected chi connectivity index (χ3v) is 5.32. The number of rotatable bonds is 5. The molecule has 0 atom stereocenters. The zero-order valence-corrected chi connectivity index (χ0v) is 18.1. The van der Waals surface area contributed by atoms with E-state index in [-0.39, 0.29) is 16.4 Å². The number of benzene rings is 2. The lowest BCUT2D eigenvalue weighted by molar-refractivity contribution is -0.384. The second kappa shape index (κ2) is 9.07. The van der Waals surface area contributed by atoms with E-state index in [0.29, 0.717) is 5.13 Å². The predicted molar refractivity (Wildman–Crippen MR) is 119 cm³/mol. The van der Waals surface area contributed by atoms with E-state index in [1.807, 2.05) is 23.6 Å². The van der Waals surface area contributed by atoms with Gasteiger partial charge in [0, 0.05) is 28.6 Å². The average Bonchev–Trinajstić information content (AvgIpc) is 3.16. The summed E-state index contributed by atoms with van der Waals surface area (Å²) < 4.78 is 6.03. The minimum Gasteiger partial charge on any atom is -0.496 e. The van der Waals surface area contributed by atoms with Gasteiger partial charge in [-0.15, -0.1) is 11.3 Å². The molecule has 0 aliphatic heterocycles. The molecule has 29 heavy (non-hydrogen) atoms. The number of thiazole rings is 1. The molecule has 3 rings (SSSR count). The smallest absolute Gasteiger partial charge is 0.269 e. The van der Waals surface area contributed by atoms with Crippen molar-refractivity contribution in [3.05, 3.63) is 68.0 Å². The zero-order chi connectivity index (χ0) is 21.0. The van der Waals surface area contributed by atoms with Gasteiger partial charge in [-0.2, -0.15) is 0 Å². The molecule has 2 N–H and O–H groups in total. The molecule has 1 aromatic heterocycles. The van der Waals surface area contributed by atoms with Crippen molar-refractivity contribution in [3.8, 4) is 17.0 Å². The Morgan fingerprint density at radius 1 is 1.28 bits per heavy atom. The quantitative estimate of drug-likeness (QED) is 0.304. The number of amides is 1. The lowest BCUT2D eigenvalue weighted by Gasteiger charge is -2.07. The lowest BCUT2D eigenvalue weighted by atomic mass is 10.2. The molecule has 1 heterocycles. The summed E-state index contributed by atoms with van der Waals surface area (Å²) in [6.45, 7) is 0. The number of anilines is 1. The van der Waals surface area contributed by atoms with E-state index >= 15 is 0 Å². The van der Waals surface area contributed by atoms with Crippen LogP contribution in [0.5, 0.6) is 5.75 Å². The fraction of sp³-hybridized carbons (Fsp3) is 0.0556. The number of nitrogens with one attached hydrogen (secondary N) is 2. The fourth-order valence-electron chi connectivity index (χ4n) is 2.33. The molecule has 0 saturated carbocycles. The van der Waals surface area contributed by atoms with Crippen LogP contribution in [0, 0.1) is 10.1 Å². The summed E-state index contributed by atoms with van der Waals surface area (Å²) in [5.74, 6) is 0.241. The lowest BCUT2D eigenvalue weighted by Crippen LogP contribution is -2.34. The predicted octanol–water partition coefficient (Wildman–Crippen LogP) is 4.62. The molecule has 2 aromatic carbocycles. The van der Waals surface area contributed by atoms with Crippen LogP contribution in [0.15, 0.2) is 52.3 Å². The minimum atomic E-state index is -0.532. The van der Waals surface area contributed by atoms with E-state index in [9.17, 15) is 14.9 Å². The highest BCUT2D eigenvalue weighted by Gasteiger charge is 2.13. The number of nitro benzene ring substituents is 1. The van der Waals surface area contributed by atoms with Crippen LogP contribution >= 0.6 is 39.5 Å². The van der Waals surface area contributed by atoms with Gasteiger partial charge in [0.2, 0.25) is 0 Å². The van der Waals surface area contributed by atoms with Crippen LogP contribution in [-0.2, 0) is 0 Å². The van der Waals surface area contributed by atoms with E-state index < -0.39 is 10.8 Å². The SMILES string of the molecule is COc1ccc(-c2csc(NC(=S)NC(=O)c3ccc([N+](=O)[O-])cc3)n2)cc1Br. The highest BCUT2D eigenvalue weighted by molar-refractivity contribution is 9.10. The van der Waals surface area contributed by atoms with Crippen molar-refractivity contribution < 1.29 is 14.5 Å². The molecule has 0 radical (unpaired) electrons. The molecule has 0 saturated heterocycles. The first-order valence-electron chi connectivity index (χ1n) is 8.03. The number of thiocarbonyl (C=S) groups is 1. The average molecular weight is 493 g/mol. The molecule has 1 amide bonds.